The highest BCUT2D eigenvalue weighted by atomic mass is 16.2. The van der Waals surface area contributed by atoms with Crippen LogP contribution in [0.15, 0.2) is 24.3 Å². The molecule has 2 rings (SSSR count). The number of rotatable bonds is 5. The Kier molecular flexibility index (Phi) is 5.80. The molecule has 3 heteroatoms. The number of benzene rings is 1. The number of carbonyl (C=O) groups is 1. The standard InChI is InChI=1S/C18H28N2O/c1-4-20(5-2)18(21)17-10-7-11-19(14-17)13-16-9-6-8-15(3)12-16/h6,8-9,12,17H,4-5,7,10-11,13-14H2,1-3H3. The Morgan fingerprint density at radius 3 is 2.76 bits per heavy atom. The number of carbonyl (C=O) groups excluding carboxylic acids is 1. The molecule has 21 heavy (non-hydrogen) atoms. The van der Waals surface area contributed by atoms with Crippen molar-refractivity contribution in [3.63, 3.8) is 0 Å². The minimum absolute atomic E-state index is 0.184. The summed E-state index contributed by atoms with van der Waals surface area (Å²) in [5.74, 6) is 0.525. The molecule has 0 N–H and O–H groups in total. The minimum atomic E-state index is 0.184. The van der Waals surface area contributed by atoms with Gasteiger partial charge in [0.15, 0.2) is 0 Å². The van der Waals surface area contributed by atoms with Gasteiger partial charge in [0.1, 0.15) is 0 Å². The van der Waals surface area contributed by atoms with Crippen LogP contribution in [0.1, 0.15) is 37.8 Å². The lowest BCUT2D eigenvalue weighted by Crippen LogP contribution is -2.44. The lowest BCUT2D eigenvalue weighted by molar-refractivity contribution is -0.137. The van der Waals surface area contributed by atoms with Crippen LogP contribution in [-0.4, -0.2) is 41.9 Å². The first kappa shape index (κ1) is 16.0. The summed E-state index contributed by atoms with van der Waals surface area (Å²) in [6.45, 7) is 10.9. The molecular weight excluding hydrogens is 260 g/mol. The smallest absolute Gasteiger partial charge is 0.226 e. The molecule has 0 aliphatic carbocycles. The topological polar surface area (TPSA) is 23.6 Å². The van der Waals surface area contributed by atoms with Gasteiger partial charge in [-0.2, -0.15) is 0 Å². The Morgan fingerprint density at radius 2 is 2.10 bits per heavy atom. The van der Waals surface area contributed by atoms with Crippen LogP contribution in [0.2, 0.25) is 0 Å². The van der Waals surface area contributed by atoms with E-state index in [1.54, 1.807) is 0 Å². The summed E-state index contributed by atoms with van der Waals surface area (Å²) < 4.78 is 0. The van der Waals surface area contributed by atoms with Gasteiger partial charge < -0.3 is 4.90 Å². The summed E-state index contributed by atoms with van der Waals surface area (Å²) in [5.41, 5.74) is 2.66. The molecule has 1 saturated heterocycles. The lowest BCUT2D eigenvalue weighted by atomic mass is 9.96. The van der Waals surface area contributed by atoms with Crippen LogP contribution in [0.5, 0.6) is 0 Å². The van der Waals surface area contributed by atoms with Crippen LogP contribution in [0.3, 0.4) is 0 Å². The molecule has 3 nitrogen and oxygen atoms in total. The van der Waals surface area contributed by atoms with Gasteiger partial charge in [0, 0.05) is 26.2 Å². The zero-order chi connectivity index (χ0) is 15.2. The molecule has 0 aromatic heterocycles. The van der Waals surface area contributed by atoms with Crippen molar-refractivity contribution in [3.05, 3.63) is 35.4 Å². The summed E-state index contributed by atoms with van der Waals surface area (Å²) in [4.78, 5) is 16.9. The zero-order valence-corrected chi connectivity index (χ0v) is 13.6. The van der Waals surface area contributed by atoms with E-state index in [4.69, 9.17) is 0 Å². The lowest BCUT2D eigenvalue weighted by Gasteiger charge is -2.34. The van der Waals surface area contributed by atoms with E-state index in [1.165, 1.54) is 11.1 Å². The highest BCUT2D eigenvalue weighted by molar-refractivity contribution is 5.79. The van der Waals surface area contributed by atoms with Crippen molar-refractivity contribution in [2.45, 2.75) is 40.2 Å². The van der Waals surface area contributed by atoms with Crippen LogP contribution in [0.4, 0.5) is 0 Å². The van der Waals surface area contributed by atoms with Crippen LogP contribution in [0.25, 0.3) is 0 Å². The molecule has 0 saturated carbocycles. The quantitative estimate of drug-likeness (QED) is 0.831. The predicted octanol–water partition coefficient (Wildman–Crippen LogP) is 3.08. The molecule has 1 amide bonds. The van der Waals surface area contributed by atoms with E-state index in [2.05, 4.69) is 49.9 Å². The molecule has 1 aromatic rings. The van der Waals surface area contributed by atoms with Crippen molar-refractivity contribution in [1.82, 2.24) is 9.80 Å². The van der Waals surface area contributed by atoms with Crippen molar-refractivity contribution in [2.75, 3.05) is 26.2 Å². The fraction of sp³-hybridized carbons (Fsp3) is 0.611. The van der Waals surface area contributed by atoms with Gasteiger partial charge in [-0.1, -0.05) is 29.8 Å². The number of nitrogens with zero attached hydrogens (tertiary/aromatic N) is 2. The monoisotopic (exact) mass is 288 g/mol. The Balaban J connectivity index is 1.96. The Bertz CT molecular complexity index is 468. The maximum Gasteiger partial charge on any atom is 0.226 e. The van der Waals surface area contributed by atoms with Crippen molar-refractivity contribution in [2.24, 2.45) is 5.92 Å². The minimum Gasteiger partial charge on any atom is -0.343 e. The van der Waals surface area contributed by atoms with Crippen LogP contribution < -0.4 is 0 Å². The molecule has 0 bridgehead atoms. The SMILES string of the molecule is CCN(CC)C(=O)C1CCCN(Cc2cccc(C)c2)C1. The van der Waals surface area contributed by atoms with E-state index in [1.807, 2.05) is 4.90 Å². The van der Waals surface area contributed by atoms with Gasteiger partial charge in [0.05, 0.1) is 5.92 Å². The van der Waals surface area contributed by atoms with Gasteiger partial charge in [-0.05, 0) is 45.7 Å². The van der Waals surface area contributed by atoms with E-state index in [0.29, 0.717) is 5.91 Å². The summed E-state index contributed by atoms with van der Waals surface area (Å²) in [6.07, 6.45) is 2.17. The summed E-state index contributed by atoms with van der Waals surface area (Å²) in [7, 11) is 0. The van der Waals surface area contributed by atoms with Crippen molar-refractivity contribution in [1.29, 1.82) is 0 Å². The average Bonchev–Trinajstić information content (AvgIpc) is 2.48. The van der Waals surface area contributed by atoms with Crippen molar-refractivity contribution < 1.29 is 4.79 Å². The predicted molar refractivity (Wildman–Crippen MR) is 87.1 cm³/mol. The number of likely N-dealkylation sites (tertiary alicyclic amines) is 1. The third kappa shape index (κ3) is 4.31. The second kappa shape index (κ2) is 7.60. The second-order valence-corrected chi connectivity index (χ2v) is 6.07. The molecule has 1 aliphatic heterocycles. The molecule has 1 heterocycles. The second-order valence-electron chi connectivity index (χ2n) is 6.07. The highest BCUT2D eigenvalue weighted by Crippen LogP contribution is 2.21. The number of amides is 1. The van der Waals surface area contributed by atoms with Gasteiger partial charge in [-0.15, -0.1) is 0 Å². The first-order chi connectivity index (χ1) is 10.1. The molecule has 1 atom stereocenters. The first-order valence-corrected chi connectivity index (χ1v) is 8.20. The Hall–Kier alpha value is -1.35. The van der Waals surface area contributed by atoms with Crippen LogP contribution in [-0.2, 0) is 11.3 Å². The third-order valence-electron chi connectivity index (χ3n) is 4.42. The van der Waals surface area contributed by atoms with E-state index >= 15 is 0 Å². The normalized spacial score (nSPS) is 19.5. The summed E-state index contributed by atoms with van der Waals surface area (Å²) in [5, 5.41) is 0. The molecule has 0 spiro atoms. The van der Waals surface area contributed by atoms with Gasteiger partial charge in [0.25, 0.3) is 0 Å². The van der Waals surface area contributed by atoms with Crippen LogP contribution in [0, 0.1) is 12.8 Å². The first-order valence-electron chi connectivity index (χ1n) is 8.20. The van der Waals surface area contributed by atoms with E-state index < -0.39 is 0 Å². The number of piperidine rings is 1. The largest absolute Gasteiger partial charge is 0.343 e. The summed E-state index contributed by atoms with van der Waals surface area (Å²) in [6, 6.07) is 8.68. The van der Waals surface area contributed by atoms with E-state index in [0.717, 1.165) is 45.6 Å². The molecule has 116 valence electrons. The average molecular weight is 288 g/mol. The number of aryl methyl sites for hydroxylation is 1. The molecular formula is C18H28N2O. The zero-order valence-electron chi connectivity index (χ0n) is 13.6. The van der Waals surface area contributed by atoms with Gasteiger partial charge in [0.2, 0.25) is 5.91 Å². The fourth-order valence-electron chi connectivity index (χ4n) is 3.26. The third-order valence-corrected chi connectivity index (χ3v) is 4.42. The highest BCUT2D eigenvalue weighted by Gasteiger charge is 2.28. The van der Waals surface area contributed by atoms with E-state index in [9.17, 15) is 4.79 Å². The molecule has 1 fully saturated rings. The van der Waals surface area contributed by atoms with Crippen molar-refractivity contribution in [3.8, 4) is 0 Å². The summed E-state index contributed by atoms with van der Waals surface area (Å²) >= 11 is 0. The molecule has 0 radical (unpaired) electrons. The fourth-order valence-corrected chi connectivity index (χ4v) is 3.26. The Morgan fingerprint density at radius 1 is 1.33 bits per heavy atom. The maximum atomic E-state index is 12.5. The van der Waals surface area contributed by atoms with E-state index in [-0.39, 0.29) is 5.92 Å². The maximum absolute atomic E-state index is 12.5. The molecule has 1 aliphatic rings. The molecule has 1 aromatic carbocycles. The Labute approximate surface area is 128 Å². The number of hydrogen-bond donors (Lipinski definition) is 0. The van der Waals surface area contributed by atoms with Crippen molar-refractivity contribution >= 4 is 5.91 Å². The molecule has 1 unspecified atom stereocenters. The number of hydrogen-bond acceptors (Lipinski definition) is 2. The van der Waals surface area contributed by atoms with Gasteiger partial charge >= 0.3 is 0 Å². The van der Waals surface area contributed by atoms with Crippen LogP contribution >= 0.6 is 0 Å². The van der Waals surface area contributed by atoms with Gasteiger partial charge in [-0.25, -0.2) is 0 Å². The van der Waals surface area contributed by atoms with Gasteiger partial charge in [-0.3, -0.25) is 9.69 Å².